The van der Waals surface area contributed by atoms with Crippen LogP contribution in [0, 0.1) is 5.92 Å². The minimum Gasteiger partial charge on any atom is -0.480 e. The topological polar surface area (TPSA) is 83.6 Å². The van der Waals surface area contributed by atoms with Gasteiger partial charge in [-0.15, -0.1) is 0 Å². The Hall–Kier alpha value is -1.10. The van der Waals surface area contributed by atoms with Crippen molar-refractivity contribution >= 4 is 11.9 Å². The quantitative estimate of drug-likeness (QED) is 0.731. The summed E-state index contributed by atoms with van der Waals surface area (Å²) in [5, 5.41) is 8.98. The van der Waals surface area contributed by atoms with Crippen molar-refractivity contribution < 1.29 is 14.7 Å². The zero-order chi connectivity index (χ0) is 12.3. The van der Waals surface area contributed by atoms with Crippen LogP contribution in [-0.2, 0) is 9.59 Å². The number of hydrogen-bond acceptors (Lipinski definition) is 3. The third-order valence-electron chi connectivity index (χ3n) is 3.36. The van der Waals surface area contributed by atoms with Crippen LogP contribution in [0.3, 0.4) is 0 Å². The zero-order valence-electron chi connectivity index (χ0n) is 9.85. The third kappa shape index (κ3) is 2.52. The van der Waals surface area contributed by atoms with E-state index in [9.17, 15) is 9.59 Å². The normalized spacial score (nSPS) is 24.2. The van der Waals surface area contributed by atoms with Crippen molar-refractivity contribution in [3.63, 3.8) is 0 Å². The van der Waals surface area contributed by atoms with Gasteiger partial charge >= 0.3 is 5.97 Å². The predicted octanol–water partition coefficient (Wildman–Crippen LogP) is 0.435. The van der Waals surface area contributed by atoms with Crippen LogP contribution in [0.25, 0.3) is 0 Å². The number of amides is 1. The number of nitrogens with two attached hydrogens (primary N) is 1. The van der Waals surface area contributed by atoms with Crippen molar-refractivity contribution in [1.29, 1.82) is 0 Å². The molecule has 0 spiro atoms. The molecule has 1 saturated heterocycles. The molecule has 0 aromatic carbocycles. The molecule has 0 radical (unpaired) electrons. The van der Waals surface area contributed by atoms with Crippen LogP contribution < -0.4 is 5.73 Å². The van der Waals surface area contributed by atoms with E-state index in [1.807, 2.05) is 13.8 Å². The monoisotopic (exact) mass is 228 g/mol. The largest absolute Gasteiger partial charge is 0.480 e. The standard InChI is InChI=1S/C11H20N2O3/c1-3-7(2)9(12)10(14)13-6-4-5-8(13)11(15)16/h7-9H,3-6,12H2,1-2H3,(H,15,16)/t7?,8-,9+/m1/s1. The minimum absolute atomic E-state index is 0.0857. The number of carbonyl (C=O) groups excluding carboxylic acids is 1. The summed E-state index contributed by atoms with van der Waals surface area (Å²) >= 11 is 0. The lowest BCUT2D eigenvalue weighted by Gasteiger charge is -2.27. The number of nitrogens with zero attached hydrogens (tertiary/aromatic N) is 1. The molecule has 1 unspecified atom stereocenters. The van der Waals surface area contributed by atoms with Gasteiger partial charge in [0.25, 0.3) is 0 Å². The Morgan fingerprint density at radius 3 is 2.69 bits per heavy atom. The number of carboxylic acids is 1. The average molecular weight is 228 g/mol. The molecule has 16 heavy (non-hydrogen) atoms. The molecular weight excluding hydrogens is 208 g/mol. The summed E-state index contributed by atoms with van der Waals surface area (Å²) in [5.74, 6) is -1.07. The Kier molecular flexibility index (Phi) is 4.29. The number of likely N-dealkylation sites (tertiary alicyclic amines) is 1. The number of hydrogen-bond donors (Lipinski definition) is 2. The van der Waals surface area contributed by atoms with E-state index in [0.717, 1.165) is 12.8 Å². The molecule has 1 aliphatic heterocycles. The molecule has 3 atom stereocenters. The van der Waals surface area contributed by atoms with Crippen molar-refractivity contribution in [2.24, 2.45) is 11.7 Å². The van der Waals surface area contributed by atoms with E-state index in [4.69, 9.17) is 10.8 Å². The number of carboxylic acid groups (broad SMARTS) is 1. The van der Waals surface area contributed by atoms with Crippen LogP contribution in [0.4, 0.5) is 0 Å². The smallest absolute Gasteiger partial charge is 0.326 e. The van der Waals surface area contributed by atoms with Crippen LogP contribution >= 0.6 is 0 Å². The molecule has 0 aromatic rings. The van der Waals surface area contributed by atoms with Gasteiger partial charge in [-0.05, 0) is 18.8 Å². The van der Waals surface area contributed by atoms with Gasteiger partial charge in [-0.25, -0.2) is 4.79 Å². The molecule has 0 bridgehead atoms. The first-order valence-corrected chi connectivity index (χ1v) is 5.77. The van der Waals surface area contributed by atoms with E-state index in [2.05, 4.69) is 0 Å². The van der Waals surface area contributed by atoms with Gasteiger partial charge in [-0.1, -0.05) is 20.3 Å². The summed E-state index contributed by atoms with van der Waals surface area (Å²) in [6, 6.07) is -1.26. The second kappa shape index (κ2) is 5.30. The van der Waals surface area contributed by atoms with E-state index in [1.54, 1.807) is 0 Å². The fourth-order valence-corrected chi connectivity index (χ4v) is 1.98. The molecule has 0 aliphatic carbocycles. The van der Waals surface area contributed by atoms with Crippen molar-refractivity contribution in [3.8, 4) is 0 Å². The minimum atomic E-state index is -0.929. The van der Waals surface area contributed by atoms with Gasteiger partial charge < -0.3 is 15.7 Å². The van der Waals surface area contributed by atoms with Crippen molar-refractivity contribution in [1.82, 2.24) is 4.90 Å². The summed E-state index contributed by atoms with van der Waals surface area (Å²) in [6.45, 7) is 4.39. The van der Waals surface area contributed by atoms with Gasteiger partial charge in [0.15, 0.2) is 0 Å². The van der Waals surface area contributed by atoms with Crippen molar-refractivity contribution in [2.45, 2.75) is 45.2 Å². The highest BCUT2D eigenvalue weighted by atomic mass is 16.4. The van der Waals surface area contributed by atoms with E-state index in [-0.39, 0.29) is 11.8 Å². The summed E-state index contributed by atoms with van der Waals surface area (Å²) < 4.78 is 0. The first-order chi connectivity index (χ1) is 7.49. The lowest BCUT2D eigenvalue weighted by molar-refractivity contribution is -0.149. The highest BCUT2D eigenvalue weighted by Gasteiger charge is 2.36. The van der Waals surface area contributed by atoms with Crippen molar-refractivity contribution in [2.75, 3.05) is 6.54 Å². The Morgan fingerprint density at radius 1 is 1.56 bits per heavy atom. The van der Waals surface area contributed by atoms with Gasteiger partial charge in [0, 0.05) is 6.54 Å². The van der Waals surface area contributed by atoms with E-state index < -0.39 is 18.1 Å². The molecule has 1 rings (SSSR count). The molecule has 3 N–H and O–H groups in total. The molecule has 1 heterocycles. The van der Waals surface area contributed by atoms with Crippen LogP contribution in [0.2, 0.25) is 0 Å². The van der Waals surface area contributed by atoms with Crippen molar-refractivity contribution in [3.05, 3.63) is 0 Å². The molecule has 92 valence electrons. The van der Waals surface area contributed by atoms with E-state index >= 15 is 0 Å². The maximum atomic E-state index is 12.0. The molecule has 5 heteroatoms. The second-order valence-electron chi connectivity index (χ2n) is 4.44. The Bertz CT molecular complexity index is 280. The lowest BCUT2D eigenvalue weighted by Crippen LogP contribution is -2.50. The number of rotatable bonds is 4. The number of aliphatic carboxylic acids is 1. The molecular formula is C11H20N2O3. The zero-order valence-corrected chi connectivity index (χ0v) is 9.85. The maximum absolute atomic E-state index is 12.0. The molecule has 0 saturated carbocycles. The summed E-state index contributed by atoms with van der Waals surface area (Å²) in [7, 11) is 0. The molecule has 0 aromatic heterocycles. The fourth-order valence-electron chi connectivity index (χ4n) is 1.98. The van der Waals surface area contributed by atoms with Gasteiger partial charge in [0.1, 0.15) is 6.04 Å². The highest BCUT2D eigenvalue weighted by molar-refractivity contribution is 5.87. The van der Waals surface area contributed by atoms with Gasteiger partial charge in [0.05, 0.1) is 6.04 Å². The van der Waals surface area contributed by atoms with Gasteiger partial charge in [0.2, 0.25) is 5.91 Å². The first kappa shape index (κ1) is 13.0. The van der Waals surface area contributed by atoms with Crippen LogP contribution in [-0.4, -0.2) is 40.5 Å². The highest BCUT2D eigenvalue weighted by Crippen LogP contribution is 2.20. The Morgan fingerprint density at radius 2 is 2.19 bits per heavy atom. The Labute approximate surface area is 95.6 Å². The first-order valence-electron chi connectivity index (χ1n) is 5.77. The SMILES string of the molecule is CCC(C)[C@H](N)C(=O)N1CCC[C@@H]1C(=O)O. The van der Waals surface area contributed by atoms with Crippen LogP contribution in [0.5, 0.6) is 0 Å². The van der Waals surface area contributed by atoms with E-state index in [0.29, 0.717) is 13.0 Å². The average Bonchev–Trinajstić information content (AvgIpc) is 2.74. The van der Waals surface area contributed by atoms with E-state index in [1.165, 1.54) is 4.90 Å². The maximum Gasteiger partial charge on any atom is 0.326 e. The van der Waals surface area contributed by atoms with Crippen LogP contribution in [0.15, 0.2) is 0 Å². The van der Waals surface area contributed by atoms with Gasteiger partial charge in [-0.3, -0.25) is 4.79 Å². The number of carbonyl (C=O) groups is 2. The molecule has 1 fully saturated rings. The summed E-state index contributed by atoms with van der Waals surface area (Å²) in [6.07, 6.45) is 2.10. The Balaban J connectivity index is 2.69. The molecule has 1 amide bonds. The third-order valence-corrected chi connectivity index (χ3v) is 3.36. The molecule has 5 nitrogen and oxygen atoms in total. The fraction of sp³-hybridized carbons (Fsp3) is 0.818. The predicted molar refractivity (Wildman–Crippen MR) is 59.8 cm³/mol. The van der Waals surface area contributed by atoms with Gasteiger partial charge in [-0.2, -0.15) is 0 Å². The molecule has 1 aliphatic rings. The lowest BCUT2D eigenvalue weighted by atomic mass is 9.98. The summed E-state index contributed by atoms with van der Waals surface area (Å²) in [5.41, 5.74) is 5.83. The van der Waals surface area contributed by atoms with Crippen LogP contribution in [0.1, 0.15) is 33.1 Å². The second-order valence-corrected chi connectivity index (χ2v) is 4.44. The summed E-state index contributed by atoms with van der Waals surface area (Å²) in [4.78, 5) is 24.4.